The van der Waals surface area contributed by atoms with Crippen LogP contribution in [-0.2, 0) is 9.47 Å². The van der Waals surface area contributed by atoms with Crippen molar-refractivity contribution in [3.05, 3.63) is 23.3 Å². The minimum absolute atomic E-state index is 0.0167. The number of aliphatic hydroxyl groups excluding tert-OH is 1. The van der Waals surface area contributed by atoms with Crippen molar-refractivity contribution in [3.63, 3.8) is 0 Å². The Morgan fingerprint density at radius 1 is 1.25 bits per heavy atom. The average Bonchev–Trinajstić information content (AvgIpc) is 3.19. The molecule has 5 unspecified atom stereocenters. The Morgan fingerprint density at radius 3 is 2.83 bits per heavy atom. The van der Waals surface area contributed by atoms with Crippen LogP contribution in [0.25, 0.3) is 0 Å². The molecule has 5 heterocycles. The van der Waals surface area contributed by atoms with Crippen molar-refractivity contribution in [1.82, 2.24) is 4.90 Å². The third kappa shape index (κ3) is 1.39. The van der Waals surface area contributed by atoms with Gasteiger partial charge in [0.1, 0.15) is 6.10 Å². The van der Waals surface area contributed by atoms with Crippen LogP contribution in [0.4, 0.5) is 0 Å². The van der Waals surface area contributed by atoms with Crippen LogP contribution < -0.4 is 9.47 Å². The molecule has 1 N–H and O–H groups in total. The third-order valence-corrected chi connectivity index (χ3v) is 6.90. The van der Waals surface area contributed by atoms with Gasteiger partial charge in [0.2, 0.25) is 6.79 Å². The van der Waals surface area contributed by atoms with Crippen molar-refractivity contribution in [2.24, 2.45) is 0 Å². The highest BCUT2D eigenvalue weighted by Crippen LogP contribution is 2.64. The zero-order valence-corrected chi connectivity index (χ0v) is 13.7. The van der Waals surface area contributed by atoms with E-state index in [-0.39, 0.29) is 24.4 Å². The predicted octanol–water partition coefficient (Wildman–Crippen LogP) is 1.53. The first kappa shape index (κ1) is 13.9. The molecule has 0 aromatic heterocycles. The van der Waals surface area contributed by atoms with Crippen LogP contribution in [0.5, 0.6) is 11.5 Å². The lowest BCUT2D eigenvalue weighted by atomic mass is 9.78. The van der Waals surface area contributed by atoms with E-state index in [1.807, 2.05) is 0 Å². The zero-order chi connectivity index (χ0) is 16.1. The smallest absolute Gasteiger partial charge is 0.231 e. The fourth-order valence-electron chi connectivity index (χ4n) is 5.94. The van der Waals surface area contributed by atoms with Crippen molar-refractivity contribution >= 4 is 0 Å². The highest BCUT2D eigenvalue weighted by molar-refractivity contribution is 5.54. The van der Waals surface area contributed by atoms with Crippen molar-refractivity contribution in [3.8, 4) is 11.5 Å². The number of rotatable bonds is 1. The third-order valence-electron chi connectivity index (χ3n) is 6.90. The van der Waals surface area contributed by atoms with Gasteiger partial charge in [-0.25, -0.2) is 0 Å². The zero-order valence-electron chi connectivity index (χ0n) is 13.7. The maximum Gasteiger partial charge on any atom is 0.231 e. The number of ether oxygens (including phenoxy) is 4. The molecule has 6 nitrogen and oxygen atoms in total. The van der Waals surface area contributed by atoms with Gasteiger partial charge in [-0.2, -0.15) is 0 Å². The van der Waals surface area contributed by atoms with Gasteiger partial charge in [-0.1, -0.05) is 0 Å². The molecule has 5 aliphatic heterocycles. The quantitative estimate of drug-likeness (QED) is 0.842. The molecule has 0 radical (unpaired) electrons. The van der Waals surface area contributed by atoms with Crippen LogP contribution >= 0.6 is 0 Å². The van der Waals surface area contributed by atoms with E-state index in [1.165, 1.54) is 0 Å². The summed E-state index contributed by atoms with van der Waals surface area (Å²) in [5.41, 5.74) is 2.19. The van der Waals surface area contributed by atoms with Crippen molar-refractivity contribution in [2.75, 3.05) is 27.0 Å². The van der Waals surface area contributed by atoms with E-state index in [0.29, 0.717) is 0 Å². The van der Waals surface area contributed by atoms with Crippen LogP contribution in [-0.4, -0.2) is 54.4 Å². The van der Waals surface area contributed by atoms with E-state index in [9.17, 15) is 5.11 Å². The number of benzene rings is 1. The van der Waals surface area contributed by atoms with Gasteiger partial charge < -0.3 is 24.1 Å². The first-order valence-electron chi connectivity index (χ1n) is 8.76. The van der Waals surface area contributed by atoms with Crippen molar-refractivity contribution in [2.45, 2.75) is 48.7 Å². The second-order valence-corrected chi connectivity index (χ2v) is 7.71. The molecule has 4 bridgehead atoms. The summed E-state index contributed by atoms with van der Waals surface area (Å²) in [6, 6.07) is 4.12. The Kier molecular flexibility index (Phi) is 2.46. The Bertz CT molecular complexity index is 738. The summed E-state index contributed by atoms with van der Waals surface area (Å²) < 4.78 is 23.5. The molecule has 1 aliphatic carbocycles. The maximum atomic E-state index is 11.2. The van der Waals surface area contributed by atoms with Crippen LogP contribution in [0, 0.1) is 0 Å². The van der Waals surface area contributed by atoms with Crippen LogP contribution in [0.3, 0.4) is 0 Å². The van der Waals surface area contributed by atoms with Gasteiger partial charge in [-0.15, -0.1) is 0 Å². The summed E-state index contributed by atoms with van der Waals surface area (Å²) in [5, 5.41) is 11.2. The van der Waals surface area contributed by atoms with E-state index < -0.39 is 11.9 Å². The van der Waals surface area contributed by atoms with E-state index in [1.54, 1.807) is 7.11 Å². The number of aliphatic hydroxyl groups is 1. The molecule has 7 rings (SSSR count). The van der Waals surface area contributed by atoms with Crippen LogP contribution in [0.15, 0.2) is 12.1 Å². The highest BCUT2D eigenvalue weighted by atomic mass is 16.7. The topological polar surface area (TPSA) is 60.4 Å². The molecule has 2 saturated heterocycles. The van der Waals surface area contributed by atoms with E-state index in [0.717, 1.165) is 55.0 Å². The molecule has 1 aromatic rings. The lowest BCUT2D eigenvalue weighted by Crippen LogP contribution is -2.47. The summed E-state index contributed by atoms with van der Waals surface area (Å²) in [6.07, 6.45) is 2.18. The van der Waals surface area contributed by atoms with Gasteiger partial charge in [0.25, 0.3) is 0 Å². The molecule has 0 amide bonds. The minimum atomic E-state index is -0.917. The Morgan fingerprint density at radius 2 is 2.04 bits per heavy atom. The molecule has 3 fully saturated rings. The summed E-state index contributed by atoms with van der Waals surface area (Å²) in [7, 11) is 1.66. The van der Waals surface area contributed by atoms with E-state index in [2.05, 4.69) is 17.0 Å². The van der Waals surface area contributed by atoms with Gasteiger partial charge in [0.15, 0.2) is 17.3 Å². The van der Waals surface area contributed by atoms with Gasteiger partial charge in [0, 0.05) is 31.5 Å². The monoisotopic (exact) mass is 331 g/mol. The number of hydrogen-bond donors (Lipinski definition) is 1. The van der Waals surface area contributed by atoms with Crippen LogP contribution in [0.1, 0.15) is 42.4 Å². The number of fused-ring (bicyclic) bond motifs is 1. The number of methoxy groups -OCH3 is 1. The van der Waals surface area contributed by atoms with Crippen molar-refractivity contribution < 1.29 is 24.1 Å². The standard InChI is InChI=1S/C18H21NO5/c1-21-18-8-17-3-2-4-19(17)7-14(24-18)10-5-12-13(23-9-22-12)6-11(10)15(17)16(18)20/h5-6,14-16,20H,2-4,7-9H2,1H3. The van der Waals surface area contributed by atoms with E-state index in [4.69, 9.17) is 18.9 Å². The molecule has 128 valence electrons. The summed E-state index contributed by atoms with van der Waals surface area (Å²) >= 11 is 0. The molecule has 24 heavy (non-hydrogen) atoms. The summed E-state index contributed by atoms with van der Waals surface area (Å²) in [6.45, 7) is 2.17. The average molecular weight is 331 g/mol. The largest absolute Gasteiger partial charge is 0.454 e. The molecule has 6 aliphatic rings. The molecular weight excluding hydrogens is 310 g/mol. The van der Waals surface area contributed by atoms with E-state index >= 15 is 0 Å². The molecule has 1 saturated carbocycles. The first-order chi connectivity index (χ1) is 11.7. The van der Waals surface area contributed by atoms with Gasteiger partial charge >= 0.3 is 0 Å². The SMILES string of the molecule is COC12CC34CCCN3CC(O1)c1cc3c(cc1C4C2O)OCO3. The Balaban J connectivity index is 1.64. The fraction of sp³-hybridized carbons (Fsp3) is 0.667. The fourth-order valence-corrected chi connectivity index (χ4v) is 5.94. The molecule has 1 aromatic carbocycles. The highest BCUT2D eigenvalue weighted by Gasteiger charge is 2.70. The molecule has 6 heteroatoms. The maximum absolute atomic E-state index is 11.2. The summed E-state index contributed by atoms with van der Waals surface area (Å²) in [4.78, 5) is 2.53. The molecular formula is C18H21NO5. The van der Waals surface area contributed by atoms with Crippen molar-refractivity contribution in [1.29, 1.82) is 0 Å². The Hall–Kier alpha value is -1.34. The lowest BCUT2D eigenvalue weighted by Gasteiger charge is -2.39. The second kappa shape index (κ2) is 4.25. The lowest BCUT2D eigenvalue weighted by molar-refractivity contribution is -0.277. The van der Waals surface area contributed by atoms with Gasteiger partial charge in [0.05, 0.1) is 6.10 Å². The minimum Gasteiger partial charge on any atom is -0.454 e. The van der Waals surface area contributed by atoms with Crippen LogP contribution in [0.2, 0.25) is 0 Å². The Labute approximate surface area is 140 Å². The number of nitrogens with zero attached hydrogens (tertiary/aromatic N) is 1. The van der Waals surface area contributed by atoms with Gasteiger partial charge in [-0.3, -0.25) is 4.90 Å². The molecule has 5 atom stereocenters. The normalized spacial score (nSPS) is 44.5. The second-order valence-electron chi connectivity index (χ2n) is 7.71. The number of hydrogen-bond acceptors (Lipinski definition) is 6. The first-order valence-corrected chi connectivity index (χ1v) is 8.76. The summed E-state index contributed by atoms with van der Waals surface area (Å²) in [5.74, 6) is 0.617. The predicted molar refractivity (Wildman–Crippen MR) is 83.0 cm³/mol. The molecule has 1 spiro atoms. The van der Waals surface area contributed by atoms with Gasteiger partial charge in [-0.05, 0) is 42.6 Å².